The Balaban J connectivity index is 1.14. The summed E-state index contributed by atoms with van der Waals surface area (Å²) in [6.07, 6.45) is 9.21. The maximum Gasteiger partial charge on any atom is 0.266 e. The Morgan fingerprint density at radius 2 is 1.70 bits per heavy atom. The first-order valence-electron chi connectivity index (χ1n) is 10.9. The van der Waals surface area contributed by atoms with Crippen LogP contribution in [0.25, 0.3) is 0 Å². The summed E-state index contributed by atoms with van der Waals surface area (Å²) in [7, 11) is 0. The van der Waals surface area contributed by atoms with E-state index < -0.39 is 0 Å². The first-order chi connectivity index (χ1) is 13.3. The zero-order chi connectivity index (χ0) is 18.2. The zero-order valence-electron chi connectivity index (χ0n) is 16.2. The number of carbonyl (C=O) groups is 1. The molecule has 27 heavy (non-hydrogen) atoms. The molecule has 1 aliphatic carbocycles. The van der Waals surface area contributed by atoms with Crippen molar-refractivity contribution in [2.45, 2.75) is 63.3 Å². The molecule has 3 saturated heterocycles. The second-order valence-corrected chi connectivity index (χ2v) is 8.79. The van der Waals surface area contributed by atoms with Gasteiger partial charge in [-0.2, -0.15) is 4.98 Å². The molecule has 0 aromatic carbocycles. The van der Waals surface area contributed by atoms with Crippen LogP contribution in [-0.4, -0.2) is 71.2 Å². The Morgan fingerprint density at radius 1 is 0.926 bits per heavy atom. The van der Waals surface area contributed by atoms with E-state index in [-0.39, 0.29) is 5.92 Å². The third-order valence-electron chi connectivity index (χ3n) is 6.84. The van der Waals surface area contributed by atoms with Crippen LogP contribution in [0.1, 0.15) is 63.2 Å². The SMILES string of the molecule is O=C([C@@H]1CCCN(C2CCN(c3noc(C4CC4)n3)CC2)C1)N1CCCC1. The number of anilines is 1. The first-order valence-corrected chi connectivity index (χ1v) is 10.9. The van der Waals surface area contributed by atoms with Crippen LogP contribution in [0.4, 0.5) is 5.95 Å². The second-order valence-electron chi connectivity index (χ2n) is 8.79. The van der Waals surface area contributed by atoms with Gasteiger partial charge in [0.05, 0.1) is 5.92 Å². The van der Waals surface area contributed by atoms with E-state index in [0.29, 0.717) is 17.9 Å². The third-order valence-corrected chi connectivity index (χ3v) is 6.84. The van der Waals surface area contributed by atoms with Gasteiger partial charge in [0.1, 0.15) is 0 Å². The van der Waals surface area contributed by atoms with E-state index in [0.717, 1.165) is 76.8 Å². The molecule has 1 aromatic rings. The number of nitrogens with zero attached hydrogens (tertiary/aromatic N) is 5. The predicted octanol–water partition coefficient (Wildman–Crippen LogP) is 2.25. The highest BCUT2D eigenvalue weighted by molar-refractivity contribution is 5.79. The van der Waals surface area contributed by atoms with Gasteiger partial charge in [-0.05, 0) is 63.1 Å². The maximum absolute atomic E-state index is 12.8. The summed E-state index contributed by atoms with van der Waals surface area (Å²) in [6.45, 7) is 6.00. The van der Waals surface area contributed by atoms with Gasteiger partial charge in [0.25, 0.3) is 5.95 Å². The van der Waals surface area contributed by atoms with E-state index in [1.54, 1.807) is 0 Å². The topological polar surface area (TPSA) is 65.7 Å². The molecule has 0 bridgehead atoms. The molecule has 0 spiro atoms. The van der Waals surface area contributed by atoms with Gasteiger partial charge in [-0.15, -0.1) is 0 Å². The molecule has 4 heterocycles. The summed E-state index contributed by atoms with van der Waals surface area (Å²) in [4.78, 5) is 24.3. The van der Waals surface area contributed by atoms with Crippen molar-refractivity contribution in [1.29, 1.82) is 0 Å². The monoisotopic (exact) mass is 373 g/mol. The van der Waals surface area contributed by atoms with Gasteiger partial charge in [0.2, 0.25) is 11.8 Å². The van der Waals surface area contributed by atoms with Crippen molar-refractivity contribution in [3.63, 3.8) is 0 Å². The van der Waals surface area contributed by atoms with Crippen molar-refractivity contribution < 1.29 is 9.32 Å². The van der Waals surface area contributed by atoms with Crippen LogP contribution in [0.5, 0.6) is 0 Å². The van der Waals surface area contributed by atoms with E-state index in [2.05, 4.69) is 24.8 Å². The fourth-order valence-corrected chi connectivity index (χ4v) is 5.02. The summed E-state index contributed by atoms with van der Waals surface area (Å²) >= 11 is 0. The highest BCUT2D eigenvalue weighted by Gasteiger charge is 2.35. The summed E-state index contributed by atoms with van der Waals surface area (Å²) in [6, 6.07) is 0.588. The van der Waals surface area contributed by atoms with Gasteiger partial charge >= 0.3 is 0 Å². The fourth-order valence-electron chi connectivity index (χ4n) is 5.02. The Morgan fingerprint density at radius 3 is 2.44 bits per heavy atom. The Kier molecular flexibility index (Phi) is 4.80. The molecular weight excluding hydrogens is 342 g/mol. The molecule has 1 atom stereocenters. The average molecular weight is 374 g/mol. The summed E-state index contributed by atoms with van der Waals surface area (Å²) in [5.74, 6) is 2.74. The summed E-state index contributed by atoms with van der Waals surface area (Å²) < 4.78 is 5.42. The van der Waals surface area contributed by atoms with E-state index in [4.69, 9.17) is 4.52 Å². The lowest BCUT2D eigenvalue weighted by Crippen LogP contribution is -2.51. The quantitative estimate of drug-likeness (QED) is 0.807. The number of hydrogen-bond acceptors (Lipinski definition) is 6. The number of likely N-dealkylation sites (tertiary alicyclic amines) is 2. The highest BCUT2D eigenvalue weighted by atomic mass is 16.5. The van der Waals surface area contributed by atoms with Gasteiger partial charge in [0.15, 0.2) is 0 Å². The van der Waals surface area contributed by atoms with Gasteiger partial charge in [0, 0.05) is 44.7 Å². The normalized spacial score (nSPS) is 28.1. The lowest BCUT2D eigenvalue weighted by atomic mass is 9.93. The molecule has 0 unspecified atom stereocenters. The Labute approximate surface area is 161 Å². The summed E-state index contributed by atoms with van der Waals surface area (Å²) in [5, 5.41) is 4.19. The van der Waals surface area contributed by atoms with Crippen LogP contribution in [0.15, 0.2) is 4.52 Å². The number of hydrogen-bond donors (Lipinski definition) is 0. The van der Waals surface area contributed by atoms with Crippen molar-refractivity contribution in [2.75, 3.05) is 44.2 Å². The molecule has 1 aromatic heterocycles. The van der Waals surface area contributed by atoms with E-state index in [1.807, 2.05) is 0 Å². The van der Waals surface area contributed by atoms with Crippen LogP contribution in [-0.2, 0) is 4.79 Å². The van der Waals surface area contributed by atoms with Crippen LogP contribution in [0, 0.1) is 5.92 Å². The van der Waals surface area contributed by atoms with Crippen molar-refractivity contribution in [2.24, 2.45) is 5.92 Å². The van der Waals surface area contributed by atoms with Crippen LogP contribution in [0.3, 0.4) is 0 Å². The standard InChI is InChI=1S/C20H31N5O2/c26-19(23-9-1-2-10-23)16-4-3-11-25(14-16)17-7-12-24(13-8-17)20-21-18(27-22-20)15-5-6-15/h15-17H,1-14H2/t16-/m1/s1. The molecule has 3 aliphatic heterocycles. The molecule has 0 N–H and O–H groups in total. The maximum atomic E-state index is 12.8. The van der Waals surface area contributed by atoms with Gasteiger partial charge in [-0.3, -0.25) is 9.69 Å². The molecular formula is C20H31N5O2. The van der Waals surface area contributed by atoms with Gasteiger partial charge < -0.3 is 14.3 Å². The molecule has 7 heteroatoms. The fraction of sp³-hybridized carbons (Fsp3) is 0.850. The predicted molar refractivity (Wildman–Crippen MR) is 102 cm³/mol. The molecule has 4 aliphatic rings. The number of carbonyl (C=O) groups excluding carboxylic acids is 1. The van der Waals surface area contributed by atoms with Crippen molar-refractivity contribution in [1.82, 2.24) is 19.9 Å². The molecule has 0 radical (unpaired) electrons. The number of aromatic nitrogens is 2. The minimum absolute atomic E-state index is 0.216. The van der Waals surface area contributed by atoms with E-state index in [1.165, 1.54) is 25.7 Å². The van der Waals surface area contributed by atoms with Gasteiger partial charge in [-0.1, -0.05) is 0 Å². The smallest absolute Gasteiger partial charge is 0.266 e. The third kappa shape index (κ3) is 3.71. The number of amides is 1. The van der Waals surface area contributed by atoms with Crippen molar-refractivity contribution >= 4 is 11.9 Å². The van der Waals surface area contributed by atoms with Crippen molar-refractivity contribution in [3.8, 4) is 0 Å². The Hall–Kier alpha value is -1.63. The molecule has 148 valence electrons. The molecule has 4 fully saturated rings. The van der Waals surface area contributed by atoms with E-state index >= 15 is 0 Å². The van der Waals surface area contributed by atoms with Gasteiger partial charge in [-0.25, -0.2) is 0 Å². The van der Waals surface area contributed by atoms with Crippen LogP contribution < -0.4 is 4.90 Å². The minimum Gasteiger partial charge on any atom is -0.342 e. The molecule has 5 rings (SSSR count). The molecule has 1 amide bonds. The Bertz CT molecular complexity index is 659. The second kappa shape index (κ2) is 7.41. The lowest BCUT2D eigenvalue weighted by molar-refractivity contribution is -0.136. The largest absolute Gasteiger partial charge is 0.342 e. The summed E-state index contributed by atoms with van der Waals surface area (Å²) in [5.41, 5.74) is 0. The number of piperidine rings is 2. The highest BCUT2D eigenvalue weighted by Crippen LogP contribution is 2.39. The zero-order valence-corrected chi connectivity index (χ0v) is 16.2. The number of rotatable bonds is 4. The average Bonchev–Trinajstić information content (AvgIpc) is 3.22. The molecule has 7 nitrogen and oxygen atoms in total. The van der Waals surface area contributed by atoms with E-state index in [9.17, 15) is 4.79 Å². The van der Waals surface area contributed by atoms with Crippen LogP contribution in [0.2, 0.25) is 0 Å². The lowest BCUT2D eigenvalue weighted by Gasteiger charge is -2.42. The van der Waals surface area contributed by atoms with Crippen LogP contribution >= 0.6 is 0 Å². The van der Waals surface area contributed by atoms with Crippen molar-refractivity contribution in [3.05, 3.63) is 5.89 Å². The minimum atomic E-state index is 0.216. The molecule has 1 saturated carbocycles. The first kappa shape index (κ1) is 17.5.